The predicted molar refractivity (Wildman–Crippen MR) is 169 cm³/mol. The zero-order valence-electron chi connectivity index (χ0n) is 37.7. The van der Waals surface area contributed by atoms with Crippen LogP contribution in [0.4, 0.5) is 0 Å². The maximum atomic E-state index is 9.43. The van der Waals surface area contributed by atoms with E-state index in [1.165, 1.54) is 0 Å². The Hall–Kier alpha value is -5.14. The van der Waals surface area contributed by atoms with E-state index < -0.39 is 131 Å². The molecule has 8 rings (SSSR count). The lowest BCUT2D eigenvalue weighted by atomic mass is 9.86. The van der Waals surface area contributed by atoms with Crippen LogP contribution in [0.1, 0.15) is 34.4 Å². The van der Waals surface area contributed by atoms with Crippen LogP contribution in [0, 0.1) is 0 Å². The zero-order valence-corrected chi connectivity index (χ0v) is 20.7. The highest BCUT2D eigenvalue weighted by Gasteiger charge is 2.16. The largest absolute Gasteiger partial charge is 0.456 e. The third-order valence-electron chi connectivity index (χ3n) is 6.93. The number of benzene rings is 7. The molecule has 0 N–H and O–H groups in total. The van der Waals surface area contributed by atoms with Crippen molar-refractivity contribution in [2.24, 2.45) is 0 Å². The second-order valence-electron chi connectivity index (χ2n) is 9.16. The van der Waals surface area contributed by atoms with Gasteiger partial charge in [-0.15, -0.1) is 0 Å². The molecule has 0 atom stereocenters. The van der Waals surface area contributed by atoms with Gasteiger partial charge in [0, 0.05) is 10.8 Å². The number of hydrogen-bond acceptors (Lipinski definition) is 1. The lowest BCUT2D eigenvalue weighted by Gasteiger charge is -2.18. The molecule has 0 fully saturated rings. The van der Waals surface area contributed by atoms with Crippen molar-refractivity contribution in [1.29, 1.82) is 0 Å². The molecule has 188 valence electrons. The molecule has 0 aliphatic rings. The topological polar surface area (TPSA) is 13.1 Å². The maximum Gasteiger partial charge on any atom is 0.136 e. The summed E-state index contributed by atoms with van der Waals surface area (Å²) in [6.07, 6.45) is -0.649. The van der Waals surface area contributed by atoms with Crippen molar-refractivity contribution in [3.8, 4) is 22.3 Å². The van der Waals surface area contributed by atoms with E-state index in [1.807, 2.05) is 0 Å². The molecule has 1 aromatic heterocycles. The smallest absolute Gasteiger partial charge is 0.136 e. The average molecular weight is 528 g/mol. The van der Waals surface area contributed by atoms with Gasteiger partial charge < -0.3 is 4.42 Å². The van der Waals surface area contributed by atoms with Crippen molar-refractivity contribution < 1.29 is 27.7 Å². The van der Waals surface area contributed by atoms with Gasteiger partial charge in [-0.25, -0.2) is 0 Å². The molecule has 7 aromatic carbocycles. The number of para-hydroxylation sites is 1. The first kappa shape index (κ1) is 11.5. The third kappa shape index (κ3) is 3.63. The Bertz CT molecular complexity index is 2990. The Morgan fingerprint density at radius 3 is 1.82 bits per heavy atom. The van der Waals surface area contributed by atoms with E-state index >= 15 is 0 Å². The number of furan rings is 1. The van der Waals surface area contributed by atoms with Gasteiger partial charge in [0.1, 0.15) is 11.2 Å². The second kappa shape index (κ2) is 9.25. The first-order chi connectivity index (χ1) is 26.9. The molecular weight excluding hydrogens is 484 g/mol. The van der Waals surface area contributed by atoms with Crippen LogP contribution >= 0.6 is 0 Å². The Balaban J connectivity index is 1.59. The minimum Gasteiger partial charge on any atom is -0.456 e. The van der Waals surface area contributed by atoms with Crippen LogP contribution < -0.4 is 0 Å². The van der Waals surface area contributed by atoms with Gasteiger partial charge in [0.15, 0.2) is 0 Å². The number of rotatable bonds is 4. The molecule has 0 bridgehead atoms. The summed E-state index contributed by atoms with van der Waals surface area (Å²) >= 11 is 0. The highest BCUT2D eigenvalue weighted by atomic mass is 16.3. The summed E-state index contributed by atoms with van der Waals surface area (Å²) in [6.45, 7) is 0. The van der Waals surface area contributed by atoms with Gasteiger partial charge in [0.2, 0.25) is 0 Å². The van der Waals surface area contributed by atoms with Crippen LogP contribution in [0.3, 0.4) is 0 Å². The van der Waals surface area contributed by atoms with Crippen molar-refractivity contribution >= 4 is 43.5 Å². The molecule has 0 unspecified atom stereocenters. The summed E-state index contributed by atoms with van der Waals surface area (Å²) < 4.78 is 157. The van der Waals surface area contributed by atoms with Gasteiger partial charge in [-0.05, 0) is 73.5 Å². The van der Waals surface area contributed by atoms with Crippen LogP contribution in [0.2, 0.25) is 0 Å². The molecule has 40 heavy (non-hydrogen) atoms. The quantitative estimate of drug-likeness (QED) is 0.207. The second-order valence-corrected chi connectivity index (χ2v) is 9.16. The van der Waals surface area contributed by atoms with Gasteiger partial charge in [-0.2, -0.15) is 0 Å². The summed E-state index contributed by atoms with van der Waals surface area (Å²) in [6, 6.07) is 0.395. The maximum absolute atomic E-state index is 9.43. The highest BCUT2D eigenvalue weighted by Crippen LogP contribution is 2.42. The van der Waals surface area contributed by atoms with Crippen LogP contribution in [0.15, 0.2) is 150 Å². The van der Waals surface area contributed by atoms with Gasteiger partial charge in [-0.3, -0.25) is 0 Å². The Morgan fingerprint density at radius 1 is 0.500 bits per heavy atom. The van der Waals surface area contributed by atoms with Gasteiger partial charge in [-0.1, -0.05) is 133 Å². The van der Waals surface area contributed by atoms with E-state index in [1.54, 1.807) is 42.5 Å². The Morgan fingerprint density at radius 2 is 1.10 bits per heavy atom. The van der Waals surface area contributed by atoms with E-state index in [4.69, 9.17) is 19.5 Å². The molecule has 0 aliphatic heterocycles. The van der Waals surface area contributed by atoms with Crippen molar-refractivity contribution in [2.45, 2.75) is 6.42 Å². The fourth-order valence-corrected chi connectivity index (χ4v) is 5.23. The van der Waals surface area contributed by atoms with Crippen molar-refractivity contribution in [2.75, 3.05) is 0 Å². The lowest BCUT2D eigenvalue weighted by Crippen LogP contribution is -1.95. The Labute approximate surface area is 256 Å². The fourth-order valence-electron chi connectivity index (χ4n) is 5.23. The third-order valence-corrected chi connectivity index (χ3v) is 6.93. The molecule has 0 saturated heterocycles. The molecule has 8 aromatic rings. The van der Waals surface area contributed by atoms with E-state index in [0.717, 1.165) is 0 Å². The van der Waals surface area contributed by atoms with Gasteiger partial charge >= 0.3 is 0 Å². The highest BCUT2D eigenvalue weighted by molar-refractivity contribution is 6.16. The van der Waals surface area contributed by atoms with Crippen LogP contribution in [0.5, 0.6) is 0 Å². The standard InChI is InChI=1S/C39H26O/c1-2-11-26(12-3-1)25-35-30-13-4-6-15-32(30)38(33-16-7-5-14-31(33)35)28-23-21-27(22-24-28)29-18-10-20-37-39(29)34-17-8-9-19-36(34)40-37/h1-24H,25H2/i1D,2D,3D,4D,5D,6D,7D,11D,12D,13D,14D,15D,16D,21D,22D,23D,24D. The number of fused-ring (bicyclic) bond motifs is 5. The van der Waals surface area contributed by atoms with Gasteiger partial charge in [0.25, 0.3) is 0 Å². The molecule has 0 amide bonds. The Kier molecular flexibility index (Phi) is 2.67. The summed E-state index contributed by atoms with van der Waals surface area (Å²) in [5, 5.41) is -0.331. The molecule has 0 aliphatic carbocycles. The predicted octanol–water partition coefficient (Wildman–Crippen LogP) is 10.8. The zero-order chi connectivity index (χ0) is 41.3. The minimum absolute atomic E-state index is 0.110. The van der Waals surface area contributed by atoms with Crippen LogP contribution in [-0.4, -0.2) is 0 Å². The van der Waals surface area contributed by atoms with Crippen molar-refractivity contribution in [3.63, 3.8) is 0 Å². The average Bonchev–Trinajstić information content (AvgIpc) is 3.59. The summed E-state index contributed by atoms with van der Waals surface area (Å²) in [5.41, 5.74) is -0.297. The van der Waals surface area contributed by atoms with Crippen molar-refractivity contribution in [3.05, 3.63) is 156 Å². The lowest BCUT2D eigenvalue weighted by molar-refractivity contribution is 0.669. The fraction of sp³-hybridized carbons (Fsp3) is 0.0256. The molecule has 0 saturated carbocycles. The molecule has 1 heterocycles. The summed E-state index contributed by atoms with van der Waals surface area (Å²) in [7, 11) is 0. The van der Waals surface area contributed by atoms with Crippen molar-refractivity contribution in [1.82, 2.24) is 0 Å². The normalized spacial score (nSPS) is 17.6. The monoisotopic (exact) mass is 527 g/mol. The first-order valence-corrected chi connectivity index (χ1v) is 12.4. The van der Waals surface area contributed by atoms with E-state index in [0.29, 0.717) is 27.5 Å². The van der Waals surface area contributed by atoms with Crippen LogP contribution in [0.25, 0.3) is 65.7 Å². The van der Waals surface area contributed by atoms with E-state index in [2.05, 4.69) is 0 Å². The van der Waals surface area contributed by atoms with Gasteiger partial charge in [0.05, 0.1) is 23.3 Å². The van der Waals surface area contributed by atoms with E-state index in [9.17, 15) is 8.22 Å². The first-order valence-electron chi connectivity index (χ1n) is 20.9. The molecule has 1 nitrogen and oxygen atoms in total. The number of hydrogen-bond donors (Lipinski definition) is 0. The summed E-state index contributed by atoms with van der Waals surface area (Å²) in [4.78, 5) is 0. The molecular formula is C39H26O. The van der Waals surface area contributed by atoms with Crippen LogP contribution in [-0.2, 0) is 6.42 Å². The molecule has 0 spiro atoms. The minimum atomic E-state index is -0.770. The van der Waals surface area contributed by atoms with E-state index in [-0.39, 0.29) is 27.5 Å². The molecule has 1 heteroatoms. The SMILES string of the molecule is [2H]c1c([2H])c([2H])c(Cc2c3c([2H])c([2H])c([2H])c([2H])c3c(-c3c([2H])c([2H])c(-c4cccc5oc6ccccc6c45)c([2H])c3[2H])c3c([2H])c([2H])c([2H])c([2H])c23)c([2H])c1[2H]. The molecule has 0 radical (unpaired) electrons. The summed E-state index contributed by atoms with van der Waals surface area (Å²) in [5.74, 6) is 0.